The molecule has 3 aromatic heterocycles. The maximum Gasteiger partial charge on any atom is 0.220 e. The van der Waals surface area contributed by atoms with Gasteiger partial charge in [-0.2, -0.15) is 5.10 Å². The Morgan fingerprint density at radius 2 is 1.90 bits per heavy atom. The van der Waals surface area contributed by atoms with Crippen LogP contribution in [0.1, 0.15) is 0 Å². The molecule has 0 fully saturated rings. The van der Waals surface area contributed by atoms with Crippen molar-refractivity contribution in [2.24, 2.45) is 7.05 Å². The van der Waals surface area contributed by atoms with E-state index in [4.69, 9.17) is 10.5 Å². The Balaban J connectivity index is 1.86. The molecule has 100 valence electrons. The number of rotatable bonds is 3. The van der Waals surface area contributed by atoms with Gasteiger partial charge in [-0.15, -0.1) is 0 Å². The van der Waals surface area contributed by atoms with Crippen molar-refractivity contribution in [3.8, 4) is 22.8 Å². The summed E-state index contributed by atoms with van der Waals surface area (Å²) in [5.74, 6) is 1.37. The number of nitrogens with zero attached hydrogens (tertiary/aromatic N) is 5. The number of ether oxygens (including phenoxy) is 1. The maximum atomic E-state index is 5.65. The topological polar surface area (TPSA) is 91.7 Å². The van der Waals surface area contributed by atoms with Crippen LogP contribution in [0, 0.1) is 0 Å². The van der Waals surface area contributed by atoms with E-state index in [0.29, 0.717) is 11.5 Å². The fourth-order valence-electron chi connectivity index (χ4n) is 1.70. The average Bonchev–Trinajstić information content (AvgIpc) is 2.89. The SMILES string of the molecule is Cn1cc(-c2cc(Oc3cnc(N)nc3)ccn2)cn1. The van der Waals surface area contributed by atoms with Crippen molar-refractivity contribution >= 4 is 5.95 Å². The van der Waals surface area contributed by atoms with Crippen molar-refractivity contribution in [1.82, 2.24) is 24.7 Å². The number of nitrogens with two attached hydrogens (primary N) is 1. The van der Waals surface area contributed by atoms with Gasteiger partial charge in [-0.1, -0.05) is 0 Å². The third kappa shape index (κ3) is 2.56. The zero-order chi connectivity index (χ0) is 13.9. The van der Waals surface area contributed by atoms with E-state index in [1.54, 1.807) is 23.1 Å². The van der Waals surface area contributed by atoms with Gasteiger partial charge in [-0.25, -0.2) is 9.97 Å². The highest BCUT2D eigenvalue weighted by Gasteiger charge is 2.05. The van der Waals surface area contributed by atoms with Crippen molar-refractivity contribution in [2.45, 2.75) is 0 Å². The number of anilines is 1. The molecule has 7 nitrogen and oxygen atoms in total. The largest absolute Gasteiger partial charge is 0.454 e. The van der Waals surface area contributed by atoms with E-state index in [9.17, 15) is 0 Å². The van der Waals surface area contributed by atoms with Crippen LogP contribution in [0.4, 0.5) is 5.95 Å². The number of nitrogen functional groups attached to an aromatic ring is 1. The molecule has 0 radical (unpaired) electrons. The first-order chi connectivity index (χ1) is 9.70. The Labute approximate surface area is 115 Å². The van der Waals surface area contributed by atoms with E-state index in [2.05, 4.69) is 20.1 Å². The average molecular weight is 268 g/mol. The molecule has 3 aromatic rings. The van der Waals surface area contributed by atoms with Crippen molar-refractivity contribution in [1.29, 1.82) is 0 Å². The lowest BCUT2D eigenvalue weighted by molar-refractivity contribution is 0.477. The fourth-order valence-corrected chi connectivity index (χ4v) is 1.70. The van der Waals surface area contributed by atoms with Gasteiger partial charge in [0.25, 0.3) is 0 Å². The van der Waals surface area contributed by atoms with E-state index in [1.165, 1.54) is 12.4 Å². The van der Waals surface area contributed by atoms with Gasteiger partial charge in [0.15, 0.2) is 5.75 Å². The summed E-state index contributed by atoms with van der Waals surface area (Å²) in [4.78, 5) is 12.0. The smallest absolute Gasteiger partial charge is 0.220 e. The van der Waals surface area contributed by atoms with Gasteiger partial charge in [-0.05, 0) is 6.07 Å². The van der Waals surface area contributed by atoms with Crippen LogP contribution in [0.2, 0.25) is 0 Å². The van der Waals surface area contributed by atoms with E-state index >= 15 is 0 Å². The van der Waals surface area contributed by atoms with E-state index < -0.39 is 0 Å². The van der Waals surface area contributed by atoms with Gasteiger partial charge in [0.05, 0.1) is 24.3 Å². The summed E-state index contributed by atoms with van der Waals surface area (Å²) in [6, 6.07) is 3.59. The molecule has 0 saturated carbocycles. The second-order valence-corrected chi connectivity index (χ2v) is 4.16. The van der Waals surface area contributed by atoms with Crippen LogP contribution in [0.25, 0.3) is 11.3 Å². The Morgan fingerprint density at radius 1 is 1.10 bits per heavy atom. The van der Waals surface area contributed by atoms with Gasteiger partial charge in [0.2, 0.25) is 5.95 Å². The number of hydrogen-bond acceptors (Lipinski definition) is 6. The van der Waals surface area contributed by atoms with E-state index in [-0.39, 0.29) is 5.95 Å². The molecule has 0 aliphatic carbocycles. The molecule has 0 amide bonds. The van der Waals surface area contributed by atoms with E-state index in [0.717, 1.165) is 11.3 Å². The van der Waals surface area contributed by atoms with Crippen LogP contribution in [0.5, 0.6) is 11.5 Å². The second kappa shape index (κ2) is 4.96. The standard InChI is InChI=1S/C13H12N6O/c1-19-8-9(5-18-19)12-4-10(2-3-15-12)20-11-6-16-13(14)17-7-11/h2-8H,1H3,(H2,14,16,17). The fraction of sp³-hybridized carbons (Fsp3) is 0.0769. The first-order valence-electron chi connectivity index (χ1n) is 5.91. The third-order valence-corrected chi connectivity index (χ3v) is 2.62. The first-order valence-corrected chi connectivity index (χ1v) is 5.91. The number of pyridine rings is 1. The van der Waals surface area contributed by atoms with Crippen molar-refractivity contribution < 1.29 is 4.74 Å². The molecular formula is C13H12N6O. The predicted molar refractivity (Wildman–Crippen MR) is 73.0 cm³/mol. The van der Waals surface area contributed by atoms with Crippen LogP contribution in [0.15, 0.2) is 43.1 Å². The van der Waals surface area contributed by atoms with Gasteiger partial charge in [0.1, 0.15) is 5.75 Å². The minimum Gasteiger partial charge on any atom is -0.454 e. The third-order valence-electron chi connectivity index (χ3n) is 2.62. The van der Waals surface area contributed by atoms with Gasteiger partial charge < -0.3 is 10.5 Å². The minimum atomic E-state index is 0.211. The maximum absolute atomic E-state index is 5.65. The molecule has 0 aromatic carbocycles. The monoisotopic (exact) mass is 268 g/mol. The molecule has 3 rings (SSSR count). The van der Waals surface area contributed by atoms with Gasteiger partial charge in [-0.3, -0.25) is 9.67 Å². The quantitative estimate of drug-likeness (QED) is 0.776. The lowest BCUT2D eigenvalue weighted by Crippen LogP contribution is -1.94. The first kappa shape index (κ1) is 12.1. The molecular weight excluding hydrogens is 256 g/mol. The van der Waals surface area contributed by atoms with E-state index in [1.807, 2.05) is 19.3 Å². The summed E-state index contributed by atoms with van der Waals surface area (Å²) >= 11 is 0. The Bertz CT molecular complexity index is 722. The number of hydrogen-bond donors (Lipinski definition) is 1. The molecule has 0 spiro atoms. The van der Waals surface area contributed by atoms with Crippen LogP contribution < -0.4 is 10.5 Å². The lowest BCUT2D eigenvalue weighted by Gasteiger charge is -2.05. The molecule has 0 atom stereocenters. The lowest BCUT2D eigenvalue weighted by atomic mass is 10.2. The number of aryl methyl sites for hydroxylation is 1. The molecule has 0 aliphatic rings. The molecule has 20 heavy (non-hydrogen) atoms. The molecule has 0 saturated heterocycles. The Morgan fingerprint density at radius 3 is 2.60 bits per heavy atom. The summed E-state index contributed by atoms with van der Waals surface area (Å²) in [6.07, 6.45) is 8.35. The Kier molecular flexibility index (Phi) is 3.00. The summed E-state index contributed by atoms with van der Waals surface area (Å²) in [6.45, 7) is 0. The van der Waals surface area contributed by atoms with Crippen LogP contribution in [-0.2, 0) is 7.05 Å². The summed E-state index contributed by atoms with van der Waals surface area (Å²) in [7, 11) is 1.86. The van der Waals surface area contributed by atoms with Crippen LogP contribution >= 0.6 is 0 Å². The summed E-state index contributed by atoms with van der Waals surface area (Å²) < 4.78 is 7.38. The summed E-state index contributed by atoms with van der Waals surface area (Å²) in [5, 5.41) is 4.12. The zero-order valence-electron chi connectivity index (χ0n) is 10.8. The van der Waals surface area contributed by atoms with Gasteiger partial charge in [0, 0.05) is 31.1 Å². The van der Waals surface area contributed by atoms with Crippen LogP contribution in [-0.4, -0.2) is 24.7 Å². The molecule has 0 bridgehead atoms. The molecule has 3 heterocycles. The van der Waals surface area contributed by atoms with Crippen molar-refractivity contribution in [3.05, 3.63) is 43.1 Å². The zero-order valence-corrected chi connectivity index (χ0v) is 10.8. The normalized spacial score (nSPS) is 10.4. The molecule has 0 aliphatic heterocycles. The number of aromatic nitrogens is 5. The van der Waals surface area contributed by atoms with Crippen molar-refractivity contribution in [2.75, 3.05) is 5.73 Å². The van der Waals surface area contributed by atoms with Gasteiger partial charge >= 0.3 is 0 Å². The predicted octanol–water partition coefficient (Wildman–Crippen LogP) is 1.65. The minimum absolute atomic E-state index is 0.211. The highest BCUT2D eigenvalue weighted by atomic mass is 16.5. The Hall–Kier alpha value is -2.96. The molecule has 2 N–H and O–H groups in total. The van der Waals surface area contributed by atoms with Crippen molar-refractivity contribution in [3.63, 3.8) is 0 Å². The summed E-state index contributed by atoms with van der Waals surface area (Å²) in [5.41, 5.74) is 7.13. The highest BCUT2D eigenvalue weighted by molar-refractivity contribution is 5.58. The molecule has 7 heteroatoms. The highest BCUT2D eigenvalue weighted by Crippen LogP contribution is 2.24. The molecule has 0 unspecified atom stereocenters. The van der Waals surface area contributed by atoms with Crippen LogP contribution in [0.3, 0.4) is 0 Å². The second-order valence-electron chi connectivity index (χ2n) is 4.16.